The summed E-state index contributed by atoms with van der Waals surface area (Å²) in [7, 11) is 0. The normalized spacial score (nSPS) is 25.8. The maximum atomic E-state index is 6.12. The van der Waals surface area contributed by atoms with E-state index in [0.29, 0.717) is 4.83 Å². The maximum absolute atomic E-state index is 6.12. The van der Waals surface area contributed by atoms with Crippen LogP contribution < -0.4 is 0 Å². The number of hydrogen-bond donors (Lipinski definition) is 0. The molecule has 0 aromatic carbocycles. The number of allylic oxidation sites excluding steroid dienone is 1. The molecule has 18 heavy (non-hydrogen) atoms. The predicted molar refractivity (Wildman–Crippen MR) is 80.1 cm³/mol. The van der Waals surface area contributed by atoms with Gasteiger partial charge >= 0.3 is 0 Å². The van der Waals surface area contributed by atoms with Crippen LogP contribution in [0.3, 0.4) is 0 Å². The SMILES string of the molecule is CCCCCC(C=C(C)C)O[C@H]1OCCC[C@@H]1Br. The van der Waals surface area contributed by atoms with Crippen LogP contribution in [0.1, 0.15) is 59.3 Å². The van der Waals surface area contributed by atoms with Crippen molar-refractivity contribution in [2.75, 3.05) is 6.61 Å². The summed E-state index contributed by atoms with van der Waals surface area (Å²) < 4.78 is 11.8. The molecule has 0 aromatic heterocycles. The standard InChI is InChI=1S/C15H27BrO2/c1-4-5-6-8-13(11-12(2)3)18-15-14(16)9-7-10-17-15/h11,13-15H,4-10H2,1-3H3/t13?,14-,15+/m0/s1. The lowest BCUT2D eigenvalue weighted by molar-refractivity contribution is -0.174. The van der Waals surface area contributed by atoms with Gasteiger partial charge in [0.15, 0.2) is 6.29 Å². The van der Waals surface area contributed by atoms with Gasteiger partial charge in [0, 0.05) is 6.61 Å². The quantitative estimate of drug-likeness (QED) is 0.380. The third-order valence-electron chi connectivity index (χ3n) is 3.12. The molecule has 0 amide bonds. The molecule has 106 valence electrons. The zero-order chi connectivity index (χ0) is 13.4. The molecule has 0 spiro atoms. The number of hydrogen-bond acceptors (Lipinski definition) is 2. The van der Waals surface area contributed by atoms with Gasteiger partial charge in [0.05, 0.1) is 10.9 Å². The molecule has 0 aromatic rings. The van der Waals surface area contributed by atoms with Crippen LogP contribution in [0.25, 0.3) is 0 Å². The molecule has 2 nitrogen and oxygen atoms in total. The Bertz CT molecular complexity index is 249. The Morgan fingerprint density at radius 2 is 2.22 bits per heavy atom. The van der Waals surface area contributed by atoms with Crippen molar-refractivity contribution in [1.29, 1.82) is 0 Å². The van der Waals surface area contributed by atoms with Crippen LogP contribution in [0.2, 0.25) is 0 Å². The van der Waals surface area contributed by atoms with Gasteiger partial charge in [0.1, 0.15) is 0 Å². The smallest absolute Gasteiger partial charge is 0.170 e. The minimum Gasteiger partial charge on any atom is -0.351 e. The number of ether oxygens (including phenoxy) is 2. The molecular weight excluding hydrogens is 292 g/mol. The number of halogens is 1. The Balaban J connectivity index is 2.45. The Kier molecular flexibility index (Phi) is 8.20. The molecule has 1 fully saturated rings. The summed E-state index contributed by atoms with van der Waals surface area (Å²) in [5.41, 5.74) is 1.32. The highest BCUT2D eigenvalue weighted by molar-refractivity contribution is 9.09. The van der Waals surface area contributed by atoms with Crippen LogP contribution >= 0.6 is 15.9 Å². The summed E-state index contributed by atoms with van der Waals surface area (Å²) in [5, 5.41) is 0. The lowest BCUT2D eigenvalue weighted by Crippen LogP contribution is -2.35. The molecule has 0 saturated carbocycles. The van der Waals surface area contributed by atoms with Gasteiger partial charge in [-0.15, -0.1) is 0 Å². The molecule has 1 rings (SSSR count). The zero-order valence-corrected chi connectivity index (χ0v) is 13.5. The maximum Gasteiger partial charge on any atom is 0.170 e. The van der Waals surface area contributed by atoms with E-state index in [2.05, 4.69) is 42.8 Å². The van der Waals surface area contributed by atoms with E-state index in [1.807, 2.05) is 0 Å². The van der Waals surface area contributed by atoms with Crippen molar-refractivity contribution < 1.29 is 9.47 Å². The first-order chi connectivity index (χ1) is 8.63. The summed E-state index contributed by atoms with van der Waals surface area (Å²) >= 11 is 3.66. The van der Waals surface area contributed by atoms with Gasteiger partial charge in [-0.25, -0.2) is 0 Å². The first-order valence-electron chi connectivity index (χ1n) is 7.19. The highest BCUT2D eigenvalue weighted by Gasteiger charge is 2.26. The second-order valence-electron chi connectivity index (χ2n) is 5.31. The van der Waals surface area contributed by atoms with Crippen molar-refractivity contribution >= 4 is 15.9 Å². The molecule has 1 saturated heterocycles. The molecule has 0 radical (unpaired) electrons. The van der Waals surface area contributed by atoms with Crippen molar-refractivity contribution in [3.63, 3.8) is 0 Å². The van der Waals surface area contributed by atoms with E-state index in [0.717, 1.165) is 25.9 Å². The van der Waals surface area contributed by atoms with E-state index in [9.17, 15) is 0 Å². The predicted octanol–water partition coefficient (Wildman–Crippen LogP) is 4.82. The molecule has 3 heteroatoms. The van der Waals surface area contributed by atoms with Crippen molar-refractivity contribution in [3.05, 3.63) is 11.6 Å². The number of rotatable bonds is 7. The summed E-state index contributed by atoms with van der Waals surface area (Å²) in [5.74, 6) is 0. The van der Waals surface area contributed by atoms with Gasteiger partial charge in [0.25, 0.3) is 0 Å². The number of unbranched alkanes of at least 4 members (excludes halogenated alkanes) is 2. The Labute approximate surface area is 120 Å². The van der Waals surface area contributed by atoms with Crippen LogP contribution in [0.5, 0.6) is 0 Å². The molecule has 0 bridgehead atoms. The average molecular weight is 319 g/mol. The van der Waals surface area contributed by atoms with Gasteiger partial charge < -0.3 is 9.47 Å². The minimum absolute atomic E-state index is 0.0824. The van der Waals surface area contributed by atoms with Gasteiger partial charge in [-0.05, 0) is 33.1 Å². The largest absolute Gasteiger partial charge is 0.351 e. The second-order valence-corrected chi connectivity index (χ2v) is 6.49. The van der Waals surface area contributed by atoms with Crippen molar-refractivity contribution in [2.45, 2.75) is 76.5 Å². The van der Waals surface area contributed by atoms with Gasteiger partial charge in [0.2, 0.25) is 0 Å². The van der Waals surface area contributed by atoms with Gasteiger partial charge in [-0.2, -0.15) is 0 Å². The van der Waals surface area contributed by atoms with Crippen molar-refractivity contribution in [3.8, 4) is 0 Å². The van der Waals surface area contributed by atoms with Crippen molar-refractivity contribution in [2.24, 2.45) is 0 Å². The van der Waals surface area contributed by atoms with E-state index in [4.69, 9.17) is 9.47 Å². The second kappa shape index (κ2) is 9.11. The van der Waals surface area contributed by atoms with Gasteiger partial charge in [-0.1, -0.05) is 53.8 Å². The summed E-state index contributed by atoms with van der Waals surface area (Å²) in [6.07, 6.45) is 9.46. The summed E-state index contributed by atoms with van der Waals surface area (Å²) in [4.78, 5) is 0.338. The van der Waals surface area contributed by atoms with Crippen molar-refractivity contribution in [1.82, 2.24) is 0 Å². The van der Waals surface area contributed by atoms with E-state index < -0.39 is 0 Å². The van der Waals surface area contributed by atoms with Crippen LogP contribution in [0, 0.1) is 0 Å². The minimum atomic E-state index is -0.0824. The fourth-order valence-corrected chi connectivity index (χ4v) is 2.77. The van der Waals surface area contributed by atoms with Crippen LogP contribution in [0.15, 0.2) is 11.6 Å². The molecule has 0 N–H and O–H groups in total. The van der Waals surface area contributed by atoms with E-state index >= 15 is 0 Å². The first-order valence-corrected chi connectivity index (χ1v) is 8.11. The molecule has 1 unspecified atom stereocenters. The molecular formula is C15H27BrO2. The summed E-state index contributed by atoms with van der Waals surface area (Å²) in [6, 6.07) is 0. The van der Waals surface area contributed by atoms with E-state index in [1.165, 1.54) is 24.8 Å². The Morgan fingerprint density at radius 3 is 2.83 bits per heavy atom. The Morgan fingerprint density at radius 1 is 1.44 bits per heavy atom. The highest BCUT2D eigenvalue weighted by Crippen LogP contribution is 2.24. The fourth-order valence-electron chi connectivity index (χ4n) is 2.17. The number of alkyl halides is 1. The van der Waals surface area contributed by atoms with E-state index in [-0.39, 0.29) is 12.4 Å². The molecule has 1 aliphatic heterocycles. The topological polar surface area (TPSA) is 18.5 Å². The fraction of sp³-hybridized carbons (Fsp3) is 0.867. The third-order valence-corrected chi connectivity index (χ3v) is 4.01. The molecule has 1 heterocycles. The van der Waals surface area contributed by atoms with E-state index in [1.54, 1.807) is 0 Å². The molecule has 3 atom stereocenters. The van der Waals surface area contributed by atoms with Crippen LogP contribution in [0.4, 0.5) is 0 Å². The lowest BCUT2D eigenvalue weighted by Gasteiger charge is -2.30. The zero-order valence-electron chi connectivity index (χ0n) is 12.0. The first kappa shape index (κ1) is 16.2. The molecule has 0 aliphatic carbocycles. The monoisotopic (exact) mass is 318 g/mol. The van der Waals surface area contributed by atoms with Gasteiger partial charge in [-0.3, -0.25) is 0 Å². The highest BCUT2D eigenvalue weighted by atomic mass is 79.9. The van der Waals surface area contributed by atoms with Crippen LogP contribution in [-0.2, 0) is 9.47 Å². The lowest BCUT2D eigenvalue weighted by atomic mass is 10.1. The Hall–Kier alpha value is 0.140. The summed E-state index contributed by atoms with van der Waals surface area (Å²) in [6.45, 7) is 7.31. The average Bonchev–Trinajstić information content (AvgIpc) is 2.31. The third kappa shape index (κ3) is 6.35. The van der Waals surface area contributed by atoms with Crippen LogP contribution in [-0.4, -0.2) is 23.8 Å². The molecule has 1 aliphatic rings.